The van der Waals surface area contributed by atoms with Crippen LogP contribution in [0.25, 0.3) is 0 Å². The zero-order valence-electron chi connectivity index (χ0n) is 11.3. The normalized spacial score (nSPS) is 12.4. The van der Waals surface area contributed by atoms with Crippen LogP contribution in [-0.4, -0.2) is 12.6 Å². The van der Waals surface area contributed by atoms with Crippen molar-refractivity contribution in [2.75, 3.05) is 6.61 Å². The largest absolute Gasteiger partial charge is 0.466 e. The molecular formula is C14H28O2. The van der Waals surface area contributed by atoms with Crippen LogP contribution in [0.3, 0.4) is 0 Å². The first-order chi connectivity index (χ1) is 7.70. The minimum atomic E-state index is -0.0408. The van der Waals surface area contributed by atoms with Gasteiger partial charge >= 0.3 is 5.97 Å². The monoisotopic (exact) mass is 228 g/mol. The maximum atomic E-state index is 11.2. The zero-order valence-corrected chi connectivity index (χ0v) is 11.3. The predicted octanol–water partition coefficient (Wildman–Crippen LogP) is 4.33. The van der Waals surface area contributed by atoms with E-state index in [1.54, 1.807) is 0 Å². The lowest BCUT2D eigenvalue weighted by molar-refractivity contribution is -0.144. The summed E-state index contributed by atoms with van der Waals surface area (Å²) in [5.41, 5.74) is 0. The van der Waals surface area contributed by atoms with Crippen LogP contribution in [0.4, 0.5) is 0 Å². The Morgan fingerprint density at radius 2 is 1.69 bits per heavy atom. The maximum Gasteiger partial charge on any atom is 0.306 e. The third-order valence-corrected chi connectivity index (χ3v) is 2.87. The number of carbonyl (C=O) groups excluding carboxylic acids is 1. The van der Waals surface area contributed by atoms with E-state index < -0.39 is 0 Å². The highest BCUT2D eigenvalue weighted by atomic mass is 16.5. The molecule has 0 aromatic heterocycles. The van der Waals surface area contributed by atoms with Crippen LogP contribution in [-0.2, 0) is 9.53 Å². The molecule has 0 N–H and O–H groups in total. The van der Waals surface area contributed by atoms with Gasteiger partial charge < -0.3 is 4.74 Å². The van der Waals surface area contributed by atoms with Gasteiger partial charge in [0, 0.05) is 6.42 Å². The summed E-state index contributed by atoms with van der Waals surface area (Å²) in [4.78, 5) is 11.2. The first-order valence-corrected chi connectivity index (χ1v) is 6.86. The molecule has 1 atom stereocenters. The molecule has 0 heterocycles. The molecule has 0 aliphatic carbocycles. The fraction of sp³-hybridized carbons (Fsp3) is 0.929. The Bertz CT molecular complexity index is 166. The van der Waals surface area contributed by atoms with E-state index in [9.17, 15) is 4.79 Å². The predicted molar refractivity (Wildman–Crippen MR) is 68.4 cm³/mol. The lowest BCUT2D eigenvalue weighted by Gasteiger charge is -2.10. The summed E-state index contributed by atoms with van der Waals surface area (Å²) in [7, 11) is 0. The molecule has 0 aromatic rings. The van der Waals surface area contributed by atoms with Crippen LogP contribution in [0.5, 0.6) is 0 Å². The molecule has 0 saturated carbocycles. The van der Waals surface area contributed by atoms with Gasteiger partial charge in [0.1, 0.15) is 0 Å². The summed E-state index contributed by atoms with van der Waals surface area (Å²) in [6.07, 6.45) is 9.69. The second kappa shape index (κ2) is 11.0. The van der Waals surface area contributed by atoms with Crippen LogP contribution in [0, 0.1) is 5.92 Å². The summed E-state index contributed by atoms with van der Waals surface area (Å²) in [6, 6.07) is 0. The fourth-order valence-electron chi connectivity index (χ4n) is 1.88. The minimum Gasteiger partial charge on any atom is -0.466 e. The molecule has 0 radical (unpaired) electrons. The second-order valence-corrected chi connectivity index (χ2v) is 4.67. The highest BCUT2D eigenvalue weighted by Crippen LogP contribution is 2.15. The molecule has 0 aliphatic rings. The van der Waals surface area contributed by atoms with Gasteiger partial charge in [-0.3, -0.25) is 4.79 Å². The zero-order chi connectivity index (χ0) is 12.2. The Kier molecular flexibility index (Phi) is 10.6. The van der Waals surface area contributed by atoms with E-state index in [0.29, 0.717) is 18.9 Å². The first kappa shape index (κ1) is 15.5. The van der Waals surface area contributed by atoms with E-state index in [2.05, 4.69) is 13.8 Å². The number of esters is 1. The van der Waals surface area contributed by atoms with Crippen LogP contribution in [0.2, 0.25) is 0 Å². The summed E-state index contributed by atoms with van der Waals surface area (Å²) >= 11 is 0. The van der Waals surface area contributed by atoms with Gasteiger partial charge in [-0.15, -0.1) is 0 Å². The Hall–Kier alpha value is -0.530. The molecule has 0 bridgehead atoms. The molecule has 0 aromatic carbocycles. The van der Waals surface area contributed by atoms with Crippen molar-refractivity contribution in [2.45, 2.75) is 72.1 Å². The van der Waals surface area contributed by atoms with Crippen molar-refractivity contribution in [3.8, 4) is 0 Å². The topological polar surface area (TPSA) is 26.3 Å². The van der Waals surface area contributed by atoms with E-state index in [1.807, 2.05) is 6.92 Å². The number of hydrogen-bond acceptors (Lipinski definition) is 2. The molecule has 0 unspecified atom stereocenters. The van der Waals surface area contributed by atoms with Gasteiger partial charge in [-0.2, -0.15) is 0 Å². The number of unbranched alkanes of at least 4 members (excludes halogenated alkanes) is 5. The van der Waals surface area contributed by atoms with Crippen molar-refractivity contribution in [3.05, 3.63) is 0 Å². The van der Waals surface area contributed by atoms with Crippen molar-refractivity contribution in [1.29, 1.82) is 0 Å². The van der Waals surface area contributed by atoms with Gasteiger partial charge in [0.2, 0.25) is 0 Å². The standard InChI is InChI=1S/C14H28O2/c1-4-6-7-8-9-10-11-13(3)12-14(15)16-5-2/h13H,4-12H2,1-3H3/t13-/m1/s1. The van der Waals surface area contributed by atoms with Gasteiger partial charge in [0.25, 0.3) is 0 Å². The van der Waals surface area contributed by atoms with Gasteiger partial charge in [0.15, 0.2) is 0 Å². The summed E-state index contributed by atoms with van der Waals surface area (Å²) in [6.45, 7) is 6.74. The molecule has 96 valence electrons. The van der Waals surface area contributed by atoms with Crippen molar-refractivity contribution < 1.29 is 9.53 Å². The van der Waals surface area contributed by atoms with Crippen molar-refractivity contribution in [3.63, 3.8) is 0 Å². The molecule has 16 heavy (non-hydrogen) atoms. The summed E-state index contributed by atoms with van der Waals surface area (Å²) < 4.78 is 4.93. The van der Waals surface area contributed by atoms with Gasteiger partial charge in [-0.05, 0) is 12.8 Å². The molecule has 0 spiro atoms. The van der Waals surface area contributed by atoms with E-state index in [-0.39, 0.29) is 5.97 Å². The molecule has 2 heteroatoms. The smallest absolute Gasteiger partial charge is 0.306 e. The number of ether oxygens (including phenoxy) is 1. The van der Waals surface area contributed by atoms with E-state index >= 15 is 0 Å². The molecule has 0 rings (SSSR count). The maximum absolute atomic E-state index is 11.2. The molecule has 0 amide bonds. The Morgan fingerprint density at radius 1 is 1.06 bits per heavy atom. The summed E-state index contributed by atoms with van der Waals surface area (Å²) in [5, 5.41) is 0. The van der Waals surface area contributed by atoms with Crippen LogP contribution >= 0.6 is 0 Å². The van der Waals surface area contributed by atoms with E-state index in [0.717, 1.165) is 6.42 Å². The fourth-order valence-corrected chi connectivity index (χ4v) is 1.88. The lowest BCUT2D eigenvalue weighted by Crippen LogP contribution is -2.09. The molecule has 2 nitrogen and oxygen atoms in total. The van der Waals surface area contributed by atoms with Gasteiger partial charge in [0.05, 0.1) is 6.61 Å². The van der Waals surface area contributed by atoms with Crippen molar-refractivity contribution in [1.82, 2.24) is 0 Å². The number of carbonyl (C=O) groups is 1. The van der Waals surface area contributed by atoms with Crippen LogP contribution in [0.15, 0.2) is 0 Å². The van der Waals surface area contributed by atoms with Crippen molar-refractivity contribution in [2.24, 2.45) is 5.92 Å². The minimum absolute atomic E-state index is 0.0408. The Morgan fingerprint density at radius 3 is 2.31 bits per heavy atom. The van der Waals surface area contributed by atoms with Gasteiger partial charge in [-0.1, -0.05) is 58.8 Å². The molecular weight excluding hydrogens is 200 g/mol. The average Bonchev–Trinajstić information content (AvgIpc) is 2.23. The van der Waals surface area contributed by atoms with Crippen molar-refractivity contribution >= 4 is 5.97 Å². The lowest BCUT2D eigenvalue weighted by atomic mass is 9.99. The number of hydrogen-bond donors (Lipinski definition) is 0. The SMILES string of the molecule is CCCCCCCC[C@@H](C)CC(=O)OCC. The van der Waals surface area contributed by atoms with E-state index in [4.69, 9.17) is 4.74 Å². The van der Waals surface area contributed by atoms with Crippen LogP contribution in [0.1, 0.15) is 72.1 Å². The highest BCUT2D eigenvalue weighted by Gasteiger charge is 2.09. The first-order valence-electron chi connectivity index (χ1n) is 6.86. The van der Waals surface area contributed by atoms with Crippen LogP contribution < -0.4 is 0 Å². The second-order valence-electron chi connectivity index (χ2n) is 4.67. The van der Waals surface area contributed by atoms with Gasteiger partial charge in [-0.25, -0.2) is 0 Å². The number of rotatable bonds is 10. The quantitative estimate of drug-likeness (QED) is 0.411. The molecule has 0 fully saturated rings. The van der Waals surface area contributed by atoms with E-state index in [1.165, 1.54) is 38.5 Å². The molecule has 0 aliphatic heterocycles. The average molecular weight is 228 g/mol. The molecule has 0 saturated heterocycles. The Balaban J connectivity index is 3.29. The third-order valence-electron chi connectivity index (χ3n) is 2.87. The summed E-state index contributed by atoms with van der Waals surface area (Å²) in [5.74, 6) is 0.436. The Labute approximate surface area is 101 Å². The third kappa shape index (κ3) is 10.0. The highest BCUT2D eigenvalue weighted by molar-refractivity contribution is 5.69.